The molecule has 2 aromatic carbocycles. The van der Waals surface area contributed by atoms with Gasteiger partial charge >= 0.3 is 5.97 Å². The summed E-state index contributed by atoms with van der Waals surface area (Å²) in [6.45, 7) is 3.26. The topological polar surface area (TPSA) is 114 Å². The number of hydrogen-bond acceptors (Lipinski definition) is 7. The molecule has 1 N–H and O–H groups in total. The predicted octanol–water partition coefficient (Wildman–Crippen LogP) is 5.40. The van der Waals surface area contributed by atoms with Crippen molar-refractivity contribution in [3.8, 4) is 11.9 Å². The highest BCUT2D eigenvalue weighted by Crippen LogP contribution is 2.31. The highest BCUT2D eigenvalue weighted by atomic mass is 35.5. The molecule has 0 bridgehead atoms. The quantitative estimate of drug-likeness (QED) is 0.267. The first kappa shape index (κ1) is 28.5. The molecule has 1 fully saturated rings. The van der Waals surface area contributed by atoms with E-state index in [9.17, 15) is 14.3 Å². The molecule has 0 spiro atoms. The molecule has 1 aliphatic heterocycles. The largest absolute Gasteiger partial charge is 0.478 e. The van der Waals surface area contributed by atoms with Gasteiger partial charge in [0.1, 0.15) is 23.8 Å². The van der Waals surface area contributed by atoms with Gasteiger partial charge in [0.15, 0.2) is 0 Å². The zero-order valence-electron chi connectivity index (χ0n) is 22.5. The molecule has 11 heteroatoms. The molecule has 1 aliphatic rings. The lowest BCUT2D eigenvalue weighted by Gasteiger charge is -2.31. The number of aromatic nitrogens is 3. The van der Waals surface area contributed by atoms with E-state index in [1.807, 2.05) is 22.8 Å². The van der Waals surface area contributed by atoms with E-state index < -0.39 is 11.8 Å². The first-order chi connectivity index (χ1) is 19.9. The number of aromatic carboxylic acids is 1. The number of benzene rings is 2. The number of hydrogen-bond donors (Lipinski definition) is 1. The Kier molecular flexibility index (Phi) is 8.78. The zero-order valence-corrected chi connectivity index (χ0v) is 23.3. The highest BCUT2D eigenvalue weighted by Gasteiger charge is 2.24. The first-order valence-electron chi connectivity index (χ1n) is 13.3. The van der Waals surface area contributed by atoms with E-state index >= 15 is 0 Å². The van der Waals surface area contributed by atoms with Crippen LogP contribution in [0.25, 0.3) is 11.0 Å². The zero-order chi connectivity index (χ0) is 28.9. The van der Waals surface area contributed by atoms with Crippen LogP contribution >= 0.6 is 11.6 Å². The van der Waals surface area contributed by atoms with Crippen LogP contribution in [-0.4, -0.2) is 57.3 Å². The fourth-order valence-corrected chi connectivity index (χ4v) is 5.37. The summed E-state index contributed by atoms with van der Waals surface area (Å²) in [6, 6.07) is 14.9. The number of carboxylic acids is 1. The van der Waals surface area contributed by atoms with Crippen molar-refractivity contribution in [2.24, 2.45) is 0 Å². The van der Waals surface area contributed by atoms with Crippen LogP contribution in [0, 0.1) is 17.1 Å². The molecule has 0 aliphatic carbocycles. The number of carboxylic acid groups (broad SMARTS) is 1. The Bertz CT molecular complexity index is 1610. The molecule has 9 nitrogen and oxygen atoms in total. The fraction of sp³-hybridized carbons (Fsp3) is 0.333. The fourth-order valence-electron chi connectivity index (χ4n) is 5.12. The Morgan fingerprint density at radius 1 is 1.20 bits per heavy atom. The van der Waals surface area contributed by atoms with E-state index in [2.05, 4.69) is 9.88 Å². The SMILES string of the molecule is COCCn1c(CN2CCC(c3cccc(OCc4ccc(C#N)cc4F)n3)CC2)nc2c(Cl)cc(C(=O)O)cc21. The number of ether oxygens (including phenoxy) is 2. The van der Waals surface area contributed by atoms with E-state index in [4.69, 9.17) is 31.3 Å². The minimum absolute atomic E-state index is 0.0223. The Morgan fingerprint density at radius 2 is 2.00 bits per heavy atom. The van der Waals surface area contributed by atoms with Gasteiger partial charge in [-0.3, -0.25) is 4.90 Å². The van der Waals surface area contributed by atoms with E-state index in [1.54, 1.807) is 31.4 Å². The van der Waals surface area contributed by atoms with Gasteiger partial charge < -0.3 is 19.1 Å². The summed E-state index contributed by atoms with van der Waals surface area (Å²) in [4.78, 5) is 23.4. The number of rotatable bonds is 10. The second-order valence-electron chi connectivity index (χ2n) is 9.96. The van der Waals surface area contributed by atoms with Gasteiger partial charge in [-0.05, 0) is 56.3 Å². The lowest BCUT2D eigenvalue weighted by molar-refractivity contribution is 0.0697. The molecule has 41 heavy (non-hydrogen) atoms. The van der Waals surface area contributed by atoms with Crippen molar-refractivity contribution in [2.45, 2.75) is 38.5 Å². The second kappa shape index (κ2) is 12.6. The predicted molar refractivity (Wildman–Crippen MR) is 151 cm³/mol. The maximum atomic E-state index is 14.2. The van der Waals surface area contributed by atoms with Gasteiger partial charge in [0.2, 0.25) is 5.88 Å². The molecule has 1 saturated heterocycles. The van der Waals surface area contributed by atoms with Crippen molar-refractivity contribution in [1.82, 2.24) is 19.4 Å². The number of halogens is 2. The van der Waals surface area contributed by atoms with Crippen LogP contribution in [0.1, 0.15) is 51.8 Å². The van der Waals surface area contributed by atoms with Gasteiger partial charge in [-0.25, -0.2) is 19.2 Å². The lowest BCUT2D eigenvalue weighted by Crippen LogP contribution is -2.33. The molecule has 0 unspecified atom stereocenters. The summed E-state index contributed by atoms with van der Waals surface area (Å²) >= 11 is 6.41. The lowest BCUT2D eigenvalue weighted by atomic mass is 9.93. The number of likely N-dealkylation sites (tertiary alicyclic amines) is 1. The van der Waals surface area contributed by atoms with Crippen molar-refractivity contribution in [1.29, 1.82) is 5.26 Å². The molecule has 0 atom stereocenters. The van der Waals surface area contributed by atoms with Crippen LogP contribution in [0.2, 0.25) is 5.02 Å². The van der Waals surface area contributed by atoms with Crippen LogP contribution < -0.4 is 4.74 Å². The minimum Gasteiger partial charge on any atom is -0.478 e. The molecular weight excluding hydrogens is 549 g/mol. The van der Waals surface area contributed by atoms with Gasteiger partial charge in [0, 0.05) is 36.9 Å². The van der Waals surface area contributed by atoms with E-state index in [0.29, 0.717) is 47.2 Å². The van der Waals surface area contributed by atoms with E-state index in [1.165, 1.54) is 12.1 Å². The van der Waals surface area contributed by atoms with Crippen molar-refractivity contribution < 1.29 is 23.8 Å². The summed E-state index contributed by atoms with van der Waals surface area (Å²) in [5, 5.41) is 18.7. The number of fused-ring (bicyclic) bond motifs is 1. The molecule has 2 aromatic heterocycles. The third kappa shape index (κ3) is 6.49. The van der Waals surface area contributed by atoms with Gasteiger partial charge in [-0.1, -0.05) is 23.7 Å². The van der Waals surface area contributed by atoms with Gasteiger partial charge in [-0.15, -0.1) is 0 Å². The van der Waals surface area contributed by atoms with Gasteiger partial charge in [-0.2, -0.15) is 5.26 Å². The molecular formula is C30H29ClFN5O4. The Balaban J connectivity index is 1.24. The smallest absolute Gasteiger partial charge is 0.335 e. The van der Waals surface area contributed by atoms with Gasteiger partial charge in [0.25, 0.3) is 0 Å². The molecule has 3 heterocycles. The number of pyridine rings is 1. The summed E-state index contributed by atoms with van der Waals surface area (Å²) in [7, 11) is 1.62. The highest BCUT2D eigenvalue weighted by molar-refractivity contribution is 6.35. The average Bonchev–Trinajstić information content (AvgIpc) is 3.33. The molecule has 0 saturated carbocycles. The summed E-state index contributed by atoms with van der Waals surface area (Å²) < 4.78 is 27.3. The minimum atomic E-state index is -1.04. The van der Waals surface area contributed by atoms with Crippen molar-refractivity contribution in [3.63, 3.8) is 0 Å². The average molecular weight is 578 g/mol. The number of piperidine rings is 1. The Hall–Kier alpha value is -4.04. The number of methoxy groups -OCH3 is 1. The molecule has 4 aromatic rings. The molecule has 212 valence electrons. The Morgan fingerprint density at radius 3 is 2.71 bits per heavy atom. The second-order valence-corrected chi connectivity index (χ2v) is 10.4. The standard InChI is InChI=1S/C30H29ClFN5O4/c1-40-12-11-37-26-15-22(30(38)39)14-23(31)29(26)35-27(37)17-36-9-7-20(8-10-36)25-3-2-4-28(34-25)41-18-21-6-5-19(16-33)13-24(21)32/h2-6,13-15,20H,7-12,17-18H2,1H3,(H,38,39). The van der Waals surface area contributed by atoms with E-state index in [0.717, 1.165) is 37.4 Å². The maximum absolute atomic E-state index is 14.2. The van der Waals surface area contributed by atoms with Gasteiger partial charge in [0.05, 0.1) is 40.9 Å². The van der Waals surface area contributed by atoms with Crippen molar-refractivity contribution in [2.75, 3.05) is 26.8 Å². The summed E-state index contributed by atoms with van der Waals surface area (Å²) in [5.41, 5.74) is 2.94. The number of carbonyl (C=O) groups is 1. The number of nitriles is 1. The van der Waals surface area contributed by atoms with Crippen molar-refractivity contribution in [3.05, 3.63) is 87.6 Å². The number of nitrogens with zero attached hydrogens (tertiary/aromatic N) is 5. The third-order valence-corrected chi connectivity index (χ3v) is 7.61. The van der Waals surface area contributed by atoms with Crippen LogP contribution in [0.5, 0.6) is 5.88 Å². The van der Waals surface area contributed by atoms with Crippen molar-refractivity contribution >= 4 is 28.6 Å². The molecule has 5 rings (SSSR count). The summed E-state index contributed by atoms with van der Waals surface area (Å²) in [6.07, 6.45) is 1.78. The van der Waals surface area contributed by atoms with E-state index in [-0.39, 0.29) is 23.7 Å². The van der Waals surface area contributed by atoms with Crippen LogP contribution in [0.4, 0.5) is 4.39 Å². The summed E-state index contributed by atoms with van der Waals surface area (Å²) in [5.74, 6) is -0.0303. The maximum Gasteiger partial charge on any atom is 0.335 e. The number of imidazole rings is 1. The van der Waals surface area contributed by atoms with Crippen LogP contribution in [0.15, 0.2) is 48.5 Å². The van der Waals surface area contributed by atoms with Crippen LogP contribution in [-0.2, 0) is 24.4 Å². The Labute approximate surface area is 241 Å². The molecule has 0 amide bonds. The monoisotopic (exact) mass is 577 g/mol. The first-order valence-corrected chi connectivity index (χ1v) is 13.7. The van der Waals surface area contributed by atoms with Crippen LogP contribution in [0.3, 0.4) is 0 Å². The molecule has 0 radical (unpaired) electrons. The normalized spacial score (nSPS) is 14.3. The third-order valence-electron chi connectivity index (χ3n) is 7.33.